The standard InChI is InChI=1S/Co.Li.2Mn.2Ni.8O/q+2;+1;;;;+1;;;;;4*-1. The van der Waals surface area contributed by atoms with Gasteiger partial charge < -0.3 is 0 Å². The third-order valence-electron chi connectivity index (χ3n) is 0. The number of hydrogen-bond donors (Lipinski definition) is 0. The van der Waals surface area contributed by atoms with Crippen molar-refractivity contribution in [2.75, 3.05) is 0 Å². The fraction of sp³-hybridized carbons (Fsp3) is 0. The van der Waals surface area contributed by atoms with Crippen LogP contribution in [0.5, 0.6) is 0 Å². The van der Waals surface area contributed by atoms with E-state index in [1.165, 1.54) is 0 Å². The zero-order valence-corrected chi connectivity index (χ0v) is 11.4. The molecule has 0 atom stereocenters. The van der Waals surface area contributed by atoms with Crippen molar-refractivity contribution >= 4 is 0 Å². The van der Waals surface area contributed by atoms with Crippen molar-refractivity contribution in [3.05, 3.63) is 0 Å². The number of rotatable bonds is 0. The van der Waals surface area contributed by atoms with Crippen LogP contribution in [0.3, 0.4) is 0 Å². The molecule has 0 N–H and O–H groups in total. The normalized spacial score (nSPS) is 8.86. The van der Waals surface area contributed by atoms with E-state index >= 15 is 0 Å². The first-order chi connectivity index (χ1) is 5.00. The first-order valence-corrected chi connectivity index (χ1v) is 6.79. The van der Waals surface area contributed by atoms with Crippen LogP contribution in [0.15, 0.2) is 0 Å². The average molecular weight is 421 g/mol. The molecule has 0 rings (SSSR count). The number of hydrogen-bond acceptors (Lipinski definition) is 8. The molecule has 0 aromatic heterocycles. The van der Waals surface area contributed by atoms with E-state index in [2.05, 4.69) is 27.6 Å². The van der Waals surface area contributed by atoms with E-state index in [1.54, 1.807) is 0 Å². The van der Waals surface area contributed by atoms with Crippen LogP contribution >= 0.6 is 0 Å². The molecule has 1 radical (unpaired) electrons. The van der Waals surface area contributed by atoms with E-state index < -0.39 is 26.7 Å². The van der Waals surface area contributed by atoms with Crippen LogP contribution in [0.25, 0.3) is 0 Å². The van der Waals surface area contributed by atoms with Gasteiger partial charge in [-0.15, -0.1) is 0 Å². The van der Waals surface area contributed by atoms with Gasteiger partial charge >= 0.3 is 122 Å². The zero-order valence-electron chi connectivity index (χ0n) is 5.99. The summed E-state index contributed by atoms with van der Waals surface area (Å²) in [5, 5.41) is 0. The molecule has 92 valence electrons. The van der Waals surface area contributed by atoms with Crippen LogP contribution in [-0.4, -0.2) is 0 Å². The summed E-state index contributed by atoms with van der Waals surface area (Å²) >= 11 is -4.25. The Kier molecular flexibility index (Phi) is 32.3. The second-order valence-corrected chi connectivity index (χ2v) is 3.12. The predicted molar refractivity (Wildman–Crippen MR) is 2.75 cm³/mol. The van der Waals surface area contributed by atoms with E-state index in [-0.39, 0.29) is 35.6 Å². The predicted octanol–water partition coefficient (Wildman–Crippen LogP) is -8.24. The second kappa shape index (κ2) is 15.2. The third-order valence-corrected chi connectivity index (χ3v) is 0. The monoisotopic (exact) mass is 420 g/mol. The Morgan fingerprint density at radius 1 is 0.786 bits per heavy atom. The van der Waals surface area contributed by atoms with Crippen molar-refractivity contribution in [1.82, 2.24) is 0 Å². The Labute approximate surface area is 121 Å². The maximum absolute atomic E-state index is 8.58. The fourth-order valence-corrected chi connectivity index (χ4v) is 0. The molecule has 14 heavy (non-hydrogen) atoms. The van der Waals surface area contributed by atoms with Gasteiger partial charge in [0.05, 0.1) is 0 Å². The summed E-state index contributed by atoms with van der Waals surface area (Å²) in [6.45, 7) is 0. The van der Waals surface area contributed by atoms with Gasteiger partial charge in [0, 0.05) is 0 Å². The second-order valence-electron chi connectivity index (χ2n) is 0.756. The Bertz CT molecular complexity index is 222. The summed E-state index contributed by atoms with van der Waals surface area (Å²) in [7, 11) is 0. The van der Waals surface area contributed by atoms with Gasteiger partial charge in [0.1, 0.15) is 0 Å². The summed E-state index contributed by atoms with van der Waals surface area (Å²) in [6.07, 6.45) is 0. The summed E-state index contributed by atoms with van der Waals surface area (Å²) in [5.41, 5.74) is 0. The molecule has 0 heterocycles. The van der Waals surface area contributed by atoms with Gasteiger partial charge in [-0.05, 0) is 0 Å². The van der Waals surface area contributed by atoms with Crippen molar-refractivity contribution in [2.45, 2.75) is 0 Å². The minimum absolute atomic E-state index is 0. The molecule has 0 aliphatic heterocycles. The molecule has 0 aromatic carbocycles. The van der Waals surface area contributed by atoms with Gasteiger partial charge in [0.25, 0.3) is 0 Å². The van der Waals surface area contributed by atoms with Gasteiger partial charge in [0.15, 0.2) is 0 Å². The average Bonchev–Trinajstić information content (AvgIpc) is 1.59. The molecule has 0 fully saturated rings. The zero-order chi connectivity index (χ0) is 11.0. The van der Waals surface area contributed by atoms with Crippen LogP contribution in [0.2, 0.25) is 0 Å². The van der Waals surface area contributed by atoms with Gasteiger partial charge in [-0.3, -0.25) is 0 Å². The summed E-state index contributed by atoms with van der Waals surface area (Å²) in [6, 6.07) is 0. The van der Waals surface area contributed by atoms with Crippen molar-refractivity contribution in [1.29, 1.82) is 0 Å². The molecule has 0 unspecified atom stereocenters. The quantitative estimate of drug-likeness (QED) is 0.349. The van der Waals surface area contributed by atoms with Gasteiger partial charge in [-0.2, -0.15) is 0 Å². The first-order valence-electron chi connectivity index (χ1n) is 1.33. The van der Waals surface area contributed by atoms with E-state index in [9.17, 15) is 0 Å². The Balaban J connectivity index is -0.0000000292. The molecule has 14 heteroatoms. The molecule has 0 aromatic rings. The van der Waals surface area contributed by atoms with Crippen molar-refractivity contribution in [2.24, 2.45) is 0 Å². The molecular formula is CoLiMn2Ni2O8. The maximum atomic E-state index is 8.58. The van der Waals surface area contributed by atoms with Crippen LogP contribution in [0, 0.1) is 0 Å². The van der Waals surface area contributed by atoms with E-state index in [4.69, 9.17) is 32.1 Å². The summed E-state index contributed by atoms with van der Waals surface area (Å²) in [4.78, 5) is 0. The van der Waals surface area contributed by atoms with Gasteiger partial charge in [0.2, 0.25) is 0 Å². The van der Waals surface area contributed by atoms with Crippen LogP contribution < -0.4 is 35.6 Å². The molecule has 0 saturated heterocycles. The van der Waals surface area contributed by atoms with Crippen molar-refractivity contribution in [3.8, 4) is 0 Å². The van der Waals surface area contributed by atoms with Crippen molar-refractivity contribution in [3.63, 3.8) is 0 Å². The molecule has 0 saturated carbocycles. The Hall–Kier alpha value is 2.17. The van der Waals surface area contributed by atoms with Gasteiger partial charge in [-0.1, -0.05) is 0 Å². The molecule has 0 aliphatic carbocycles. The molecule has 0 bridgehead atoms. The molecule has 8 nitrogen and oxygen atoms in total. The van der Waals surface area contributed by atoms with Crippen LogP contribution in [0.1, 0.15) is 0 Å². The SMILES string of the molecule is [Co+2].[Li+].[Ni][Ni+].[O]=[Mn](=[O])([O-])[O-].[O]=[Mn](=[O])([O-])[O-]. The van der Waals surface area contributed by atoms with E-state index in [0.717, 1.165) is 0 Å². The van der Waals surface area contributed by atoms with Crippen molar-refractivity contribution < 1.29 is 122 Å². The summed E-state index contributed by atoms with van der Waals surface area (Å²) < 4.78 is 68.6. The topological polar surface area (TPSA) is 161 Å². The summed E-state index contributed by atoms with van der Waals surface area (Å²) in [5.74, 6) is 0. The third kappa shape index (κ3) is 522. The minimum atomic E-state index is -5.62. The molecule has 0 aliphatic rings. The van der Waals surface area contributed by atoms with E-state index in [1.807, 2.05) is 0 Å². The van der Waals surface area contributed by atoms with Crippen LogP contribution in [0.4, 0.5) is 0 Å². The Morgan fingerprint density at radius 3 is 0.786 bits per heavy atom. The first kappa shape index (κ1) is 29.8. The van der Waals surface area contributed by atoms with E-state index in [0.29, 0.717) is 0 Å². The Morgan fingerprint density at radius 2 is 0.786 bits per heavy atom. The van der Waals surface area contributed by atoms with Crippen LogP contribution in [-0.2, 0) is 86.4 Å². The molecule has 0 spiro atoms. The van der Waals surface area contributed by atoms with Gasteiger partial charge in [-0.25, -0.2) is 0 Å². The molecular weight excluding hydrogens is 421 g/mol. The fourth-order valence-electron chi connectivity index (χ4n) is 0. The molecule has 0 amide bonds.